The molecule has 2 N–H and O–H groups in total. The number of aromatic nitrogens is 2. The second-order valence-electron chi connectivity index (χ2n) is 4.13. The van der Waals surface area contributed by atoms with Crippen LogP contribution in [0.15, 0.2) is 33.9 Å². The van der Waals surface area contributed by atoms with Crippen molar-refractivity contribution in [1.82, 2.24) is 9.55 Å². The molecular weight excluding hydrogens is 251 g/mol. The van der Waals surface area contributed by atoms with Gasteiger partial charge in [0.15, 0.2) is 0 Å². The largest absolute Gasteiger partial charge is 0.494 e. The number of nitrogens with zero attached hydrogens (tertiary/aromatic N) is 1. The van der Waals surface area contributed by atoms with E-state index in [1.54, 1.807) is 13.0 Å². The lowest BCUT2D eigenvalue weighted by Gasteiger charge is -2.10. The molecule has 0 saturated heterocycles. The van der Waals surface area contributed by atoms with Crippen LogP contribution in [0.1, 0.15) is 18.1 Å². The summed E-state index contributed by atoms with van der Waals surface area (Å²) >= 11 is 0. The van der Waals surface area contributed by atoms with Gasteiger partial charge in [0, 0.05) is 0 Å². The average Bonchev–Trinajstić information content (AvgIpc) is 2.35. The van der Waals surface area contributed by atoms with Crippen molar-refractivity contribution < 1.29 is 9.50 Å². The Morgan fingerprint density at radius 1 is 1.37 bits per heavy atom. The molecule has 0 spiro atoms. The van der Waals surface area contributed by atoms with Crippen LogP contribution in [0.2, 0.25) is 0 Å². The quantitative estimate of drug-likeness (QED) is 0.868. The fraction of sp³-hybridized carbons (Fsp3) is 0.231. The minimum Gasteiger partial charge on any atom is -0.494 e. The summed E-state index contributed by atoms with van der Waals surface area (Å²) < 4.78 is 14.1. The molecular formula is C13H13FN2O3. The highest BCUT2D eigenvalue weighted by Crippen LogP contribution is 2.13. The number of aromatic amines is 1. The Bertz CT molecular complexity index is 719. The van der Waals surface area contributed by atoms with Crippen molar-refractivity contribution in [3.8, 4) is 5.88 Å². The zero-order valence-electron chi connectivity index (χ0n) is 10.3. The van der Waals surface area contributed by atoms with Crippen LogP contribution in [-0.2, 0) is 13.0 Å². The first-order chi connectivity index (χ1) is 9.02. The Morgan fingerprint density at radius 3 is 2.74 bits per heavy atom. The Labute approximate surface area is 108 Å². The van der Waals surface area contributed by atoms with E-state index in [1.807, 2.05) is 0 Å². The summed E-state index contributed by atoms with van der Waals surface area (Å²) in [5.41, 5.74) is -0.660. The second kappa shape index (κ2) is 5.09. The van der Waals surface area contributed by atoms with Crippen molar-refractivity contribution in [1.29, 1.82) is 0 Å². The standard InChI is InChI=1S/C13H13FN2O3/c1-2-10-11(17)15-13(19)16(12(10)18)7-8-4-3-5-9(14)6-8/h3-6,18H,2,7H2,1H3,(H,15,17,19). The summed E-state index contributed by atoms with van der Waals surface area (Å²) in [6.07, 6.45) is 0.296. The van der Waals surface area contributed by atoms with Gasteiger partial charge in [0.2, 0.25) is 5.88 Å². The number of hydrogen-bond acceptors (Lipinski definition) is 3. The number of aromatic hydroxyl groups is 1. The van der Waals surface area contributed by atoms with Gasteiger partial charge < -0.3 is 5.11 Å². The summed E-state index contributed by atoms with van der Waals surface area (Å²) in [5.74, 6) is -0.800. The van der Waals surface area contributed by atoms with E-state index >= 15 is 0 Å². The zero-order valence-corrected chi connectivity index (χ0v) is 10.3. The fourth-order valence-corrected chi connectivity index (χ4v) is 1.88. The molecule has 0 aliphatic carbocycles. The Morgan fingerprint density at radius 2 is 2.11 bits per heavy atom. The van der Waals surface area contributed by atoms with Gasteiger partial charge in [-0.05, 0) is 24.1 Å². The van der Waals surface area contributed by atoms with Crippen molar-refractivity contribution in [3.63, 3.8) is 0 Å². The van der Waals surface area contributed by atoms with Gasteiger partial charge in [-0.1, -0.05) is 19.1 Å². The number of rotatable bonds is 3. The van der Waals surface area contributed by atoms with E-state index in [-0.39, 0.29) is 18.0 Å². The van der Waals surface area contributed by atoms with E-state index in [0.29, 0.717) is 12.0 Å². The molecule has 0 atom stereocenters. The Hall–Kier alpha value is -2.37. The number of nitrogens with one attached hydrogen (secondary N) is 1. The third-order valence-electron chi connectivity index (χ3n) is 2.85. The van der Waals surface area contributed by atoms with Crippen molar-refractivity contribution in [3.05, 3.63) is 62.0 Å². The fourth-order valence-electron chi connectivity index (χ4n) is 1.88. The van der Waals surface area contributed by atoms with Crippen LogP contribution in [0.4, 0.5) is 4.39 Å². The first-order valence-corrected chi connectivity index (χ1v) is 5.82. The van der Waals surface area contributed by atoms with Gasteiger partial charge in [-0.3, -0.25) is 14.3 Å². The molecule has 0 saturated carbocycles. The van der Waals surface area contributed by atoms with Gasteiger partial charge >= 0.3 is 5.69 Å². The molecule has 0 aliphatic rings. The highest BCUT2D eigenvalue weighted by Gasteiger charge is 2.12. The maximum atomic E-state index is 13.1. The van der Waals surface area contributed by atoms with Crippen molar-refractivity contribution >= 4 is 0 Å². The normalized spacial score (nSPS) is 10.6. The van der Waals surface area contributed by atoms with E-state index in [9.17, 15) is 19.1 Å². The van der Waals surface area contributed by atoms with E-state index < -0.39 is 17.1 Å². The van der Waals surface area contributed by atoms with Crippen LogP contribution in [0, 0.1) is 5.82 Å². The minimum atomic E-state index is -0.719. The van der Waals surface area contributed by atoms with E-state index in [2.05, 4.69) is 4.98 Å². The molecule has 2 aromatic rings. The van der Waals surface area contributed by atoms with Gasteiger partial charge in [-0.25, -0.2) is 9.18 Å². The number of hydrogen-bond donors (Lipinski definition) is 2. The van der Waals surface area contributed by atoms with E-state index in [0.717, 1.165) is 4.57 Å². The third-order valence-corrected chi connectivity index (χ3v) is 2.85. The molecule has 1 aromatic carbocycles. The van der Waals surface area contributed by atoms with Gasteiger partial charge in [0.1, 0.15) is 5.82 Å². The molecule has 6 heteroatoms. The summed E-state index contributed by atoms with van der Waals surface area (Å²) in [6, 6.07) is 5.70. The molecule has 5 nitrogen and oxygen atoms in total. The number of benzene rings is 1. The average molecular weight is 264 g/mol. The molecule has 0 amide bonds. The molecule has 0 unspecified atom stereocenters. The highest BCUT2D eigenvalue weighted by atomic mass is 19.1. The van der Waals surface area contributed by atoms with Gasteiger partial charge in [-0.2, -0.15) is 0 Å². The molecule has 0 bridgehead atoms. The molecule has 0 aliphatic heterocycles. The Kier molecular flexibility index (Phi) is 3.50. The lowest BCUT2D eigenvalue weighted by Crippen LogP contribution is -2.32. The SMILES string of the molecule is CCc1c(O)n(Cc2cccc(F)c2)c(=O)[nH]c1=O. The van der Waals surface area contributed by atoms with Crippen LogP contribution < -0.4 is 11.2 Å². The molecule has 1 heterocycles. The van der Waals surface area contributed by atoms with Gasteiger partial charge in [0.25, 0.3) is 5.56 Å². The molecule has 2 rings (SSSR count). The van der Waals surface area contributed by atoms with Crippen LogP contribution in [-0.4, -0.2) is 14.7 Å². The zero-order chi connectivity index (χ0) is 14.0. The van der Waals surface area contributed by atoms with Crippen LogP contribution >= 0.6 is 0 Å². The number of halogens is 1. The summed E-state index contributed by atoms with van der Waals surface area (Å²) in [4.78, 5) is 25.3. The summed E-state index contributed by atoms with van der Waals surface area (Å²) in [5, 5.41) is 9.93. The Balaban J connectivity index is 2.52. The lowest BCUT2D eigenvalue weighted by molar-refractivity contribution is 0.402. The molecule has 100 valence electrons. The maximum absolute atomic E-state index is 13.1. The topological polar surface area (TPSA) is 75.1 Å². The first-order valence-electron chi connectivity index (χ1n) is 5.82. The smallest absolute Gasteiger partial charge is 0.331 e. The molecule has 1 aromatic heterocycles. The predicted octanol–water partition coefficient (Wildman–Crippen LogP) is 0.992. The van der Waals surface area contributed by atoms with E-state index in [4.69, 9.17) is 0 Å². The summed E-state index contributed by atoms with van der Waals surface area (Å²) in [6.45, 7) is 1.69. The van der Waals surface area contributed by atoms with Crippen molar-refractivity contribution in [2.45, 2.75) is 19.9 Å². The van der Waals surface area contributed by atoms with Crippen molar-refractivity contribution in [2.24, 2.45) is 0 Å². The lowest BCUT2D eigenvalue weighted by atomic mass is 10.2. The minimum absolute atomic E-state index is 0.00773. The van der Waals surface area contributed by atoms with Crippen LogP contribution in [0.5, 0.6) is 5.88 Å². The van der Waals surface area contributed by atoms with Crippen LogP contribution in [0.3, 0.4) is 0 Å². The first kappa shape index (κ1) is 13.1. The highest BCUT2D eigenvalue weighted by molar-refractivity contribution is 5.25. The van der Waals surface area contributed by atoms with Gasteiger partial charge in [0.05, 0.1) is 12.1 Å². The monoisotopic (exact) mass is 264 g/mol. The predicted molar refractivity (Wildman–Crippen MR) is 67.9 cm³/mol. The molecule has 0 radical (unpaired) electrons. The van der Waals surface area contributed by atoms with E-state index in [1.165, 1.54) is 18.2 Å². The van der Waals surface area contributed by atoms with Crippen molar-refractivity contribution in [2.75, 3.05) is 0 Å². The summed E-state index contributed by atoms with van der Waals surface area (Å²) in [7, 11) is 0. The van der Waals surface area contributed by atoms with Gasteiger partial charge in [-0.15, -0.1) is 0 Å². The second-order valence-corrected chi connectivity index (χ2v) is 4.13. The molecule has 19 heavy (non-hydrogen) atoms. The number of H-pyrrole nitrogens is 1. The third kappa shape index (κ3) is 2.57. The van der Waals surface area contributed by atoms with Crippen LogP contribution in [0.25, 0.3) is 0 Å². The maximum Gasteiger partial charge on any atom is 0.331 e. The molecule has 0 fully saturated rings.